The summed E-state index contributed by atoms with van der Waals surface area (Å²) in [5.41, 5.74) is 3.60. The zero-order chi connectivity index (χ0) is 15.5. The Kier molecular flexibility index (Phi) is 4.15. The minimum atomic E-state index is 0.0751. The number of pyridine rings is 1. The number of hydrogen-bond donors (Lipinski definition) is 1. The van der Waals surface area contributed by atoms with E-state index >= 15 is 0 Å². The largest absolute Gasteiger partial charge is 0.493 e. The van der Waals surface area contributed by atoms with Crippen molar-refractivity contribution >= 4 is 0 Å². The van der Waals surface area contributed by atoms with Crippen LogP contribution in [0.15, 0.2) is 30.6 Å². The van der Waals surface area contributed by atoms with Gasteiger partial charge in [-0.15, -0.1) is 0 Å². The van der Waals surface area contributed by atoms with Gasteiger partial charge >= 0.3 is 0 Å². The van der Waals surface area contributed by atoms with Gasteiger partial charge in [-0.25, -0.2) is 0 Å². The Morgan fingerprint density at radius 1 is 1.09 bits per heavy atom. The molecule has 0 bridgehead atoms. The van der Waals surface area contributed by atoms with Crippen LogP contribution in [0.25, 0.3) is 0 Å². The zero-order valence-electron chi connectivity index (χ0n) is 13.1. The van der Waals surface area contributed by atoms with Crippen molar-refractivity contribution < 1.29 is 14.2 Å². The van der Waals surface area contributed by atoms with E-state index in [9.17, 15) is 0 Å². The molecule has 0 amide bonds. The van der Waals surface area contributed by atoms with Gasteiger partial charge in [0.15, 0.2) is 11.5 Å². The van der Waals surface area contributed by atoms with Crippen LogP contribution < -0.4 is 19.5 Å². The monoisotopic (exact) mass is 300 g/mol. The number of methoxy groups -OCH3 is 3. The van der Waals surface area contributed by atoms with E-state index in [2.05, 4.69) is 16.4 Å². The molecule has 1 aromatic heterocycles. The van der Waals surface area contributed by atoms with Crippen LogP contribution in [0, 0.1) is 0 Å². The summed E-state index contributed by atoms with van der Waals surface area (Å²) in [5, 5.41) is 3.54. The lowest BCUT2D eigenvalue weighted by Gasteiger charge is -2.27. The minimum absolute atomic E-state index is 0.0751. The Balaban J connectivity index is 2.10. The molecular formula is C17H20N2O3. The van der Waals surface area contributed by atoms with Crippen molar-refractivity contribution in [2.24, 2.45) is 0 Å². The summed E-state index contributed by atoms with van der Waals surface area (Å²) in [5.74, 6) is 1.93. The van der Waals surface area contributed by atoms with E-state index in [1.54, 1.807) is 21.3 Å². The molecule has 5 heteroatoms. The van der Waals surface area contributed by atoms with Gasteiger partial charge in [0, 0.05) is 18.9 Å². The molecule has 0 saturated carbocycles. The Labute approximate surface area is 130 Å². The molecular weight excluding hydrogens is 280 g/mol. The molecule has 1 unspecified atom stereocenters. The molecule has 1 aromatic carbocycles. The molecule has 1 aliphatic heterocycles. The van der Waals surface area contributed by atoms with Gasteiger partial charge in [0.25, 0.3) is 0 Å². The maximum atomic E-state index is 5.45. The van der Waals surface area contributed by atoms with E-state index in [0.717, 1.165) is 18.5 Å². The Morgan fingerprint density at radius 2 is 1.82 bits per heavy atom. The van der Waals surface area contributed by atoms with Crippen LogP contribution in [-0.4, -0.2) is 32.9 Å². The zero-order valence-corrected chi connectivity index (χ0v) is 13.1. The highest BCUT2D eigenvalue weighted by molar-refractivity contribution is 5.56. The van der Waals surface area contributed by atoms with Crippen molar-refractivity contribution in [3.63, 3.8) is 0 Å². The molecule has 0 saturated heterocycles. The molecule has 1 N–H and O–H groups in total. The smallest absolute Gasteiger partial charge is 0.203 e. The molecule has 1 aliphatic rings. The Bertz CT molecular complexity index is 648. The van der Waals surface area contributed by atoms with Crippen molar-refractivity contribution in [2.45, 2.75) is 12.5 Å². The summed E-state index contributed by atoms with van der Waals surface area (Å²) in [6, 6.07) is 6.13. The quantitative estimate of drug-likeness (QED) is 0.939. The standard InChI is InChI=1S/C17H20N2O3/c1-20-14-8-12(9-15(21-2)17(14)22-3)16-13-10-18-6-4-11(13)5-7-19-16/h4,6,8-10,16,19H,5,7H2,1-3H3. The number of fused-ring (bicyclic) bond motifs is 1. The van der Waals surface area contributed by atoms with Crippen LogP contribution >= 0.6 is 0 Å². The number of ether oxygens (including phenoxy) is 3. The highest BCUT2D eigenvalue weighted by atomic mass is 16.5. The summed E-state index contributed by atoms with van der Waals surface area (Å²) in [6.07, 6.45) is 4.78. The second kappa shape index (κ2) is 6.23. The van der Waals surface area contributed by atoms with Crippen molar-refractivity contribution in [3.8, 4) is 17.2 Å². The second-order valence-electron chi connectivity index (χ2n) is 5.17. The highest BCUT2D eigenvalue weighted by Gasteiger charge is 2.24. The third-order valence-corrected chi connectivity index (χ3v) is 4.02. The summed E-state index contributed by atoms with van der Waals surface area (Å²) in [4.78, 5) is 4.27. The van der Waals surface area contributed by atoms with Crippen molar-refractivity contribution in [1.29, 1.82) is 0 Å². The topological polar surface area (TPSA) is 52.6 Å². The number of nitrogens with one attached hydrogen (secondary N) is 1. The predicted molar refractivity (Wildman–Crippen MR) is 83.9 cm³/mol. The molecule has 1 atom stereocenters. The van der Waals surface area contributed by atoms with Gasteiger partial charge in [0.2, 0.25) is 5.75 Å². The van der Waals surface area contributed by atoms with E-state index in [1.807, 2.05) is 24.5 Å². The predicted octanol–water partition coefficient (Wildman–Crippen LogP) is 2.34. The van der Waals surface area contributed by atoms with Gasteiger partial charge in [-0.1, -0.05) is 0 Å². The van der Waals surface area contributed by atoms with Crippen LogP contribution in [-0.2, 0) is 6.42 Å². The van der Waals surface area contributed by atoms with Crippen LogP contribution in [0.2, 0.25) is 0 Å². The van der Waals surface area contributed by atoms with Crippen LogP contribution in [0.5, 0.6) is 17.2 Å². The summed E-state index contributed by atoms with van der Waals surface area (Å²) >= 11 is 0. The molecule has 3 rings (SSSR count). The van der Waals surface area contributed by atoms with Crippen molar-refractivity contribution in [2.75, 3.05) is 27.9 Å². The average molecular weight is 300 g/mol. The fourth-order valence-corrected chi connectivity index (χ4v) is 2.95. The van der Waals surface area contributed by atoms with Gasteiger partial charge in [-0.3, -0.25) is 4.98 Å². The number of aromatic nitrogens is 1. The molecule has 0 fully saturated rings. The lowest BCUT2D eigenvalue weighted by atomic mass is 9.91. The van der Waals surface area contributed by atoms with Crippen molar-refractivity contribution in [1.82, 2.24) is 10.3 Å². The fraction of sp³-hybridized carbons (Fsp3) is 0.353. The van der Waals surface area contributed by atoms with Crippen molar-refractivity contribution in [3.05, 3.63) is 47.3 Å². The van der Waals surface area contributed by atoms with Gasteiger partial charge in [-0.2, -0.15) is 0 Å². The minimum Gasteiger partial charge on any atom is -0.493 e. The lowest BCUT2D eigenvalue weighted by molar-refractivity contribution is 0.323. The van der Waals surface area contributed by atoms with Gasteiger partial charge in [0.1, 0.15) is 0 Å². The van der Waals surface area contributed by atoms with E-state index in [0.29, 0.717) is 17.2 Å². The van der Waals surface area contributed by atoms with E-state index in [4.69, 9.17) is 14.2 Å². The molecule has 0 radical (unpaired) electrons. The van der Waals surface area contributed by atoms with Crippen LogP contribution in [0.3, 0.4) is 0 Å². The summed E-state index contributed by atoms with van der Waals surface area (Å²) in [7, 11) is 4.87. The van der Waals surface area contributed by atoms with E-state index < -0.39 is 0 Å². The molecule has 2 heterocycles. The molecule has 2 aromatic rings. The SMILES string of the molecule is COc1cc(C2NCCc3ccncc32)cc(OC)c1OC. The number of rotatable bonds is 4. The van der Waals surface area contributed by atoms with E-state index in [-0.39, 0.29) is 6.04 Å². The highest BCUT2D eigenvalue weighted by Crippen LogP contribution is 2.41. The van der Waals surface area contributed by atoms with Gasteiger partial charge in [-0.05, 0) is 41.3 Å². The molecule has 22 heavy (non-hydrogen) atoms. The first-order valence-corrected chi connectivity index (χ1v) is 7.24. The number of hydrogen-bond acceptors (Lipinski definition) is 5. The Hall–Kier alpha value is -2.27. The number of benzene rings is 1. The third-order valence-electron chi connectivity index (χ3n) is 4.02. The Morgan fingerprint density at radius 3 is 2.45 bits per heavy atom. The average Bonchev–Trinajstić information content (AvgIpc) is 2.59. The third kappa shape index (κ3) is 2.48. The summed E-state index contributed by atoms with van der Waals surface area (Å²) < 4.78 is 16.3. The van der Waals surface area contributed by atoms with Crippen LogP contribution in [0.1, 0.15) is 22.7 Å². The lowest BCUT2D eigenvalue weighted by Crippen LogP contribution is -2.30. The first-order chi connectivity index (χ1) is 10.8. The summed E-state index contributed by atoms with van der Waals surface area (Å²) in [6.45, 7) is 0.929. The van der Waals surface area contributed by atoms with E-state index in [1.165, 1.54) is 11.1 Å². The maximum Gasteiger partial charge on any atom is 0.203 e. The second-order valence-corrected chi connectivity index (χ2v) is 5.17. The normalized spacial score (nSPS) is 16.8. The van der Waals surface area contributed by atoms with Crippen LogP contribution in [0.4, 0.5) is 0 Å². The maximum absolute atomic E-state index is 5.45. The first-order valence-electron chi connectivity index (χ1n) is 7.24. The first kappa shape index (κ1) is 14.7. The molecule has 5 nitrogen and oxygen atoms in total. The molecule has 0 spiro atoms. The molecule has 116 valence electrons. The van der Waals surface area contributed by atoms with Gasteiger partial charge < -0.3 is 19.5 Å². The number of nitrogens with zero attached hydrogens (tertiary/aromatic N) is 1. The fourth-order valence-electron chi connectivity index (χ4n) is 2.95. The molecule has 0 aliphatic carbocycles. The van der Waals surface area contributed by atoms with Gasteiger partial charge in [0.05, 0.1) is 27.4 Å².